The third-order valence-corrected chi connectivity index (χ3v) is 4.80. The lowest BCUT2D eigenvalue weighted by molar-refractivity contribution is 0.0123. The summed E-state index contributed by atoms with van der Waals surface area (Å²) in [6, 6.07) is 0. The van der Waals surface area contributed by atoms with E-state index in [1.807, 2.05) is 0 Å². The lowest BCUT2D eigenvalue weighted by Gasteiger charge is -2.15. The van der Waals surface area contributed by atoms with Crippen LogP contribution in [0.3, 0.4) is 0 Å². The monoisotopic (exact) mass is 413 g/mol. The maximum absolute atomic E-state index is 14.1. The molecule has 0 aromatic heterocycles. The second kappa shape index (κ2) is 7.53. The molecule has 6 nitrogen and oxygen atoms in total. The van der Waals surface area contributed by atoms with Gasteiger partial charge in [0.15, 0.2) is 22.5 Å². The Balaban J connectivity index is 2.25. The van der Waals surface area contributed by atoms with Crippen LogP contribution in [0.15, 0.2) is 5.16 Å². The molecule has 0 spiro atoms. The molecule has 1 aromatic carbocycles. The highest BCUT2D eigenvalue weighted by molar-refractivity contribution is 8.06. The first-order valence-electron chi connectivity index (χ1n) is 7.95. The van der Waals surface area contributed by atoms with Crippen molar-refractivity contribution in [3.05, 3.63) is 23.3 Å². The van der Waals surface area contributed by atoms with Crippen molar-refractivity contribution in [2.24, 2.45) is 11.1 Å². The van der Waals surface area contributed by atoms with E-state index in [2.05, 4.69) is 9.89 Å². The fraction of sp³-hybridized carbons (Fsp3) is 0.562. The summed E-state index contributed by atoms with van der Waals surface area (Å²) < 4.78 is 89.7. The van der Waals surface area contributed by atoms with Gasteiger partial charge in [0.25, 0.3) is 0 Å². The molecule has 1 aromatic rings. The Morgan fingerprint density at radius 1 is 1.04 bits per heavy atom. The highest BCUT2D eigenvalue weighted by Crippen LogP contribution is 2.35. The molecule has 0 unspecified atom stereocenters. The Morgan fingerprint density at radius 3 is 1.93 bits per heavy atom. The van der Waals surface area contributed by atoms with Gasteiger partial charge in [-0.3, -0.25) is 0 Å². The van der Waals surface area contributed by atoms with E-state index in [4.69, 9.17) is 9.57 Å². The smallest absolute Gasteiger partial charge is 0.230 e. The van der Waals surface area contributed by atoms with Gasteiger partial charge in [-0.2, -0.15) is 17.6 Å². The van der Waals surface area contributed by atoms with Crippen LogP contribution in [0.5, 0.6) is 11.5 Å². The summed E-state index contributed by atoms with van der Waals surface area (Å²) in [7, 11) is -4.23. The van der Waals surface area contributed by atoms with Gasteiger partial charge in [0.05, 0.1) is 6.61 Å². The maximum atomic E-state index is 14.1. The van der Waals surface area contributed by atoms with E-state index in [0.717, 1.165) is 0 Å². The molecule has 0 radical (unpaired) electrons. The number of rotatable bonds is 6. The second-order valence-corrected chi connectivity index (χ2v) is 8.95. The van der Waals surface area contributed by atoms with Crippen molar-refractivity contribution in [2.45, 2.75) is 39.7 Å². The molecule has 0 bridgehead atoms. The van der Waals surface area contributed by atoms with Gasteiger partial charge in [-0.15, -0.1) is 0 Å². The van der Waals surface area contributed by atoms with Crippen molar-refractivity contribution < 1.29 is 40.3 Å². The molecule has 1 heterocycles. The topological polar surface area (TPSA) is 74.2 Å². The number of nitrogens with zero attached hydrogens (tertiary/aromatic N) is 1. The first-order chi connectivity index (χ1) is 12.4. The lowest BCUT2D eigenvalue weighted by Crippen LogP contribution is -2.26. The van der Waals surface area contributed by atoms with Crippen molar-refractivity contribution in [3.8, 4) is 11.5 Å². The predicted molar refractivity (Wildman–Crippen MR) is 88.2 cm³/mol. The number of benzene rings is 1. The molecule has 0 amide bonds. The van der Waals surface area contributed by atoms with Crippen molar-refractivity contribution in [1.82, 2.24) is 0 Å². The fourth-order valence-corrected chi connectivity index (χ4v) is 3.20. The molecule has 0 atom stereocenters. The van der Waals surface area contributed by atoms with Crippen LogP contribution in [-0.2, 0) is 14.7 Å². The number of hydrogen-bond acceptors (Lipinski definition) is 6. The fourth-order valence-electron chi connectivity index (χ4n) is 2.07. The van der Waals surface area contributed by atoms with Crippen LogP contribution >= 0.6 is 0 Å². The molecule has 1 aliphatic heterocycles. The Morgan fingerprint density at radius 2 is 1.52 bits per heavy atom. The van der Waals surface area contributed by atoms with Crippen LogP contribution in [-0.4, -0.2) is 31.6 Å². The summed E-state index contributed by atoms with van der Waals surface area (Å²) in [5.74, 6) is -11.6. The third-order valence-electron chi connectivity index (χ3n) is 3.43. The molecule has 11 heteroatoms. The van der Waals surface area contributed by atoms with Gasteiger partial charge in [0.1, 0.15) is 5.60 Å². The standard InChI is InChI=1S/C16H19F4NO5S/c1-8(2)6-24-14-10(17)12(19)15(13(20)11(14)18)25-7-27(22,23)9-5-16(3,4)26-21-9/h8H,5-7H2,1-4H3. The summed E-state index contributed by atoms with van der Waals surface area (Å²) in [6.07, 6.45) is -0.0889. The molecular formula is C16H19F4NO5S. The van der Waals surface area contributed by atoms with Gasteiger partial charge in [-0.1, -0.05) is 19.0 Å². The van der Waals surface area contributed by atoms with Gasteiger partial charge in [0, 0.05) is 6.42 Å². The zero-order chi connectivity index (χ0) is 20.6. The largest absolute Gasteiger partial charge is 0.487 e. The zero-order valence-electron chi connectivity index (χ0n) is 15.1. The highest BCUT2D eigenvalue weighted by Gasteiger charge is 2.37. The third kappa shape index (κ3) is 4.63. The van der Waals surface area contributed by atoms with Gasteiger partial charge >= 0.3 is 0 Å². The average Bonchev–Trinajstić information content (AvgIpc) is 2.93. The second-order valence-electron chi connectivity index (χ2n) is 7.01. The Labute approximate surface area is 154 Å². The number of ether oxygens (including phenoxy) is 2. The summed E-state index contributed by atoms with van der Waals surface area (Å²) in [4.78, 5) is 4.91. The van der Waals surface area contributed by atoms with E-state index < -0.39 is 61.2 Å². The predicted octanol–water partition coefficient (Wildman–Crippen LogP) is 3.54. The number of sulfone groups is 1. The van der Waals surface area contributed by atoms with Crippen molar-refractivity contribution in [2.75, 3.05) is 12.5 Å². The van der Waals surface area contributed by atoms with Crippen LogP contribution in [0.2, 0.25) is 0 Å². The molecular weight excluding hydrogens is 394 g/mol. The maximum Gasteiger partial charge on any atom is 0.230 e. The molecule has 0 saturated carbocycles. The molecule has 152 valence electrons. The molecule has 0 aliphatic carbocycles. The number of hydrogen-bond donors (Lipinski definition) is 0. The van der Waals surface area contributed by atoms with E-state index in [1.54, 1.807) is 27.7 Å². The van der Waals surface area contributed by atoms with Crippen LogP contribution in [0.1, 0.15) is 34.1 Å². The summed E-state index contributed by atoms with van der Waals surface area (Å²) in [6.45, 7) is 6.32. The molecule has 0 N–H and O–H groups in total. The first-order valence-corrected chi connectivity index (χ1v) is 9.60. The molecule has 0 saturated heterocycles. The average molecular weight is 413 g/mol. The van der Waals surface area contributed by atoms with Crippen LogP contribution in [0.4, 0.5) is 17.6 Å². The van der Waals surface area contributed by atoms with E-state index in [1.165, 1.54) is 0 Å². The summed E-state index contributed by atoms with van der Waals surface area (Å²) in [5.41, 5.74) is -0.869. The first kappa shape index (κ1) is 21.3. The minimum Gasteiger partial charge on any atom is -0.487 e. The van der Waals surface area contributed by atoms with Gasteiger partial charge in [-0.05, 0) is 19.8 Å². The van der Waals surface area contributed by atoms with E-state index in [9.17, 15) is 26.0 Å². The van der Waals surface area contributed by atoms with Crippen molar-refractivity contribution >= 4 is 14.9 Å². The van der Waals surface area contributed by atoms with E-state index in [-0.39, 0.29) is 18.9 Å². The lowest BCUT2D eigenvalue weighted by atomic mass is 10.1. The van der Waals surface area contributed by atoms with Crippen LogP contribution in [0.25, 0.3) is 0 Å². The van der Waals surface area contributed by atoms with E-state index >= 15 is 0 Å². The Kier molecular flexibility index (Phi) is 5.93. The Hall–Kier alpha value is -2.04. The van der Waals surface area contributed by atoms with Gasteiger partial charge in [0.2, 0.25) is 33.1 Å². The molecule has 27 heavy (non-hydrogen) atoms. The minimum absolute atomic E-state index is 0.0889. The van der Waals surface area contributed by atoms with E-state index in [0.29, 0.717) is 0 Å². The molecule has 1 aliphatic rings. The molecule has 0 fully saturated rings. The normalized spacial score (nSPS) is 16.3. The van der Waals surface area contributed by atoms with Crippen molar-refractivity contribution in [1.29, 1.82) is 0 Å². The zero-order valence-corrected chi connectivity index (χ0v) is 15.9. The minimum atomic E-state index is -4.23. The number of halogens is 4. The quantitative estimate of drug-likeness (QED) is 0.527. The SMILES string of the molecule is CC(C)COc1c(F)c(F)c(OCS(=O)(=O)C2=NOC(C)(C)C2)c(F)c1F. The van der Waals surface area contributed by atoms with Gasteiger partial charge in [-0.25, -0.2) is 8.42 Å². The Bertz CT molecular complexity index is 839. The number of oxime groups is 1. The summed E-state index contributed by atoms with van der Waals surface area (Å²) in [5, 5.41) is 3.00. The van der Waals surface area contributed by atoms with Crippen LogP contribution in [0, 0.1) is 29.2 Å². The van der Waals surface area contributed by atoms with Crippen molar-refractivity contribution in [3.63, 3.8) is 0 Å². The van der Waals surface area contributed by atoms with Gasteiger partial charge < -0.3 is 14.3 Å². The summed E-state index contributed by atoms with van der Waals surface area (Å²) >= 11 is 0. The molecule has 2 rings (SSSR count). The van der Waals surface area contributed by atoms with Crippen LogP contribution < -0.4 is 9.47 Å². The highest BCUT2D eigenvalue weighted by atomic mass is 32.2.